The Balaban J connectivity index is 2.37. The highest BCUT2D eigenvalue weighted by atomic mass is 79.9. The molecule has 0 saturated carbocycles. The Labute approximate surface area is 127 Å². The smallest absolute Gasteiger partial charge is 0.130 e. The maximum absolute atomic E-state index is 6.19. The van der Waals surface area contributed by atoms with Crippen LogP contribution in [-0.2, 0) is 7.05 Å². The molecule has 0 aliphatic heterocycles. The van der Waals surface area contributed by atoms with Gasteiger partial charge in [0.1, 0.15) is 5.82 Å². The van der Waals surface area contributed by atoms with Gasteiger partial charge in [0.2, 0.25) is 0 Å². The topological polar surface area (TPSA) is 29.9 Å². The first kappa shape index (κ1) is 14.6. The number of rotatable bonds is 5. The summed E-state index contributed by atoms with van der Waals surface area (Å²) in [7, 11) is 2.00. The molecule has 0 aliphatic rings. The van der Waals surface area contributed by atoms with Gasteiger partial charge in [0.05, 0.1) is 11.1 Å². The molecule has 0 radical (unpaired) electrons. The molecule has 1 N–H and O–H groups in total. The largest absolute Gasteiger partial charge is 0.336 e. The van der Waals surface area contributed by atoms with Crippen molar-refractivity contribution >= 4 is 27.5 Å². The van der Waals surface area contributed by atoms with Gasteiger partial charge < -0.3 is 9.88 Å². The number of aryl methyl sites for hydroxylation is 1. The maximum atomic E-state index is 6.19. The minimum absolute atomic E-state index is 0.0607. The van der Waals surface area contributed by atoms with E-state index in [1.54, 1.807) is 0 Å². The van der Waals surface area contributed by atoms with Gasteiger partial charge in [-0.3, -0.25) is 0 Å². The summed E-state index contributed by atoms with van der Waals surface area (Å²) in [5, 5.41) is 4.24. The van der Waals surface area contributed by atoms with Crippen LogP contribution in [0.1, 0.15) is 30.8 Å². The molecule has 5 heteroatoms. The van der Waals surface area contributed by atoms with Crippen LogP contribution in [0.4, 0.5) is 0 Å². The first-order valence-electron chi connectivity index (χ1n) is 6.29. The van der Waals surface area contributed by atoms with Gasteiger partial charge in [0, 0.05) is 23.9 Å². The molecular formula is C14H17BrClN3. The van der Waals surface area contributed by atoms with Gasteiger partial charge >= 0.3 is 0 Å². The van der Waals surface area contributed by atoms with Gasteiger partial charge in [-0.2, -0.15) is 0 Å². The van der Waals surface area contributed by atoms with E-state index in [1.165, 1.54) is 0 Å². The SMILES string of the molecule is CCCNC(c1ccc(Br)c(Cl)c1)c1nccn1C. The number of hydrogen-bond acceptors (Lipinski definition) is 2. The fourth-order valence-electron chi connectivity index (χ4n) is 1.99. The molecule has 1 heterocycles. The lowest BCUT2D eigenvalue weighted by Crippen LogP contribution is -2.25. The highest BCUT2D eigenvalue weighted by Gasteiger charge is 2.18. The molecule has 0 aliphatic carbocycles. The fraction of sp³-hybridized carbons (Fsp3) is 0.357. The van der Waals surface area contributed by atoms with Crippen molar-refractivity contribution in [2.75, 3.05) is 6.54 Å². The Morgan fingerprint density at radius 3 is 2.84 bits per heavy atom. The molecule has 0 bridgehead atoms. The third-order valence-electron chi connectivity index (χ3n) is 2.99. The van der Waals surface area contributed by atoms with Crippen LogP contribution in [0.25, 0.3) is 0 Å². The van der Waals surface area contributed by atoms with Crippen molar-refractivity contribution in [3.05, 3.63) is 51.5 Å². The molecule has 102 valence electrons. The van der Waals surface area contributed by atoms with Gasteiger partial charge in [0.25, 0.3) is 0 Å². The quantitative estimate of drug-likeness (QED) is 0.892. The van der Waals surface area contributed by atoms with Crippen molar-refractivity contribution in [3.63, 3.8) is 0 Å². The molecule has 19 heavy (non-hydrogen) atoms. The molecule has 2 aromatic rings. The maximum Gasteiger partial charge on any atom is 0.130 e. The summed E-state index contributed by atoms with van der Waals surface area (Å²) in [5.41, 5.74) is 1.12. The number of benzene rings is 1. The van der Waals surface area contributed by atoms with Gasteiger partial charge in [-0.05, 0) is 46.6 Å². The van der Waals surface area contributed by atoms with Gasteiger partial charge in [-0.15, -0.1) is 0 Å². The molecular weight excluding hydrogens is 326 g/mol. The average Bonchev–Trinajstić information content (AvgIpc) is 2.80. The van der Waals surface area contributed by atoms with E-state index in [-0.39, 0.29) is 6.04 Å². The van der Waals surface area contributed by atoms with Gasteiger partial charge in [-0.1, -0.05) is 24.6 Å². The minimum Gasteiger partial charge on any atom is -0.336 e. The second kappa shape index (κ2) is 6.55. The second-order valence-corrected chi connectivity index (χ2v) is 5.72. The van der Waals surface area contributed by atoms with Crippen LogP contribution in [0.15, 0.2) is 35.1 Å². The lowest BCUT2D eigenvalue weighted by Gasteiger charge is -2.19. The zero-order valence-corrected chi connectivity index (χ0v) is 13.4. The van der Waals surface area contributed by atoms with E-state index in [9.17, 15) is 0 Å². The summed E-state index contributed by atoms with van der Waals surface area (Å²) >= 11 is 9.61. The Bertz CT molecular complexity index is 553. The van der Waals surface area contributed by atoms with E-state index in [4.69, 9.17) is 11.6 Å². The summed E-state index contributed by atoms with van der Waals surface area (Å²) in [4.78, 5) is 4.44. The van der Waals surface area contributed by atoms with Crippen molar-refractivity contribution in [1.82, 2.24) is 14.9 Å². The minimum atomic E-state index is 0.0607. The van der Waals surface area contributed by atoms with E-state index >= 15 is 0 Å². The van der Waals surface area contributed by atoms with Crippen LogP contribution in [0.5, 0.6) is 0 Å². The summed E-state index contributed by atoms with van der Waals surface area (Å²) < 4.78 is 2.94. The summed E-state index contributed by atoms with van der Waals surface area (Å²) in [6.45, 7) is 3.09. The van der Waals surface area contributed by atoms with Gasteiger partial charge in [0.15, 0.2) is 0 Å². The normalized spacial score (nSPS) is 12.6. The lowest BCUT2D eigenvalue weighted by molar-refractivity contribution is 0.555. The number of imidazole rings is 1. The van der Waals surface area contributed by atoms with Crippen molar-refractivity contribution in [3.8, 4) is 0 Å². The molecule has 1 atom stereocenters. The molecule has 3 nitrogen and oxygen atoms in total. The monoisotopic (exact) mass is 341 g/mol. The molecule has 2 rings (SSSR count). The molecule has 0 fully saturated rings. The van der Waals surface area contributed by atoms with Crippen molar-refractivity contribution in [1.29, 1.82) is 0 Å². The van der Waals surface area contributed by atoms with Crippen molar-refractivity contribution in [2.45, 2.75) is 19.4 Å². The molecule has 1 unspecified atom stereocenters. The van der Waals surface area contributed by atoms with Crippen molar-refractivity contribution < 1.29 is 0 Å². The van der Waals surface area contributed by atoms with Crippen LogP contribution in [0.2, 0.25) is 5.02 Å². The zero-order chi connectivity index (χ0) is 13.8. The van der Waals surface area contributed by atoms with Crippen LogP contribution < -0.4 is 5.32 Å². The fourth-order valence-corrected chi connectivity index (χ4v) is 2.43. The summed E-state index contributed by atoms with van der Waals surface area (Å²) in [6.07, 6.45) is 4.85. The predicted octanol–water partition coefficient (Wildman–Crippen LogP) is 3.93. The molecule has 1 aromatic heterocycles. The average molecular weight is 343 g/mol. The van der Waals surface area contributed by atoms with E-state index in [1.807, 2.05) is 36.1 Å². The number of aromatic nitrogens is 2. The molecule has 0 amide bonds. The highest BCUT2D eigenvalue weighted by Crippen LogP contribution is 2.28. The third-order valence-corrected chi connectivity index (χ3v) is 4.22. The van der Waals surface area contributed by atoms with Crippen LogP contribution in [-0.4, -0.2) is 16.1 Å². The van der Waals surface area contributed by atoms with Crippen LogP contribution in [0, 0.1) is 0 Å². The molecule has 0 saturated heterocycles. The second-order valence-electron chi connectivity index (χ2n) is 4.46. The van der Waals surface area contributed by atoms with Crippen molar-refractivity contribution in [2.24, 2.45) is 7.05 Å². The summed E-state index contributed by atoms with van der Waals surface area (Å²) in [6, 6.07) is 6.08. The van der Waals surface area contributed by atoms with E-state index in [0.717, 1.165) is 33.8 Å². The first-order valence-corrected chi connectivity index (χ1v) is 7.46. The first-order chi connectivity index (χ1) is 9.13. The molecule has 0 spiro atoms. The molecule has 1 aromatic carbocycles. The standard InChI is InChI=1S/C14H17BrClN3/c1-3-6-17-13(14-18-7-8-19(14)2)10-4-5-11(15)12(16)9-10/h4-5,7-9,13,17H,3,6H2,1-2H3. The predicted molar refractivity (Wildman–Crippen MR) is 82.5 cm³/mol. The van der Waals surface area contributed by atoms with E-state index < -0.39 is 0 Å². The Morgan fingerprint density at radius 1 is 1.47 bits per heavy atom. The lowest BCUT2D eigenvalue weighted by atomic mass is 10.1. The van der Waals surface area contributed by atoms with Crippen LogP contribution >= 0.6 is 27.5 Å². The number of halogens is 2. The van der Waals surface area contributed by atoms with E-state index in [0.29, 0.717) is 0 Å². The van der Waals surface area contributed by atoms with Gasteiger partial charge in [-0.25, -0.2) is 4.98 Å². The Kier molecular flexibility index (Phi) is 5.02. The van der Waals surface area contributed by atoms with Crippen LogP contribution in [0.3, 0.4) is 0 Å². The Morgan fingerprint density at radius 2 is 2.26 bits per heavy atom. The Hall–Kier alpha value is -0.840. The highest BCUT2D eigenvalue weighted by molar-refractivity contribution is 9.10. The third kappa shape index (κ3) is 3.38. The van der Waals surface area contributed by atoms with E-state index in [2.05, 4.69) is 39.2 Å². The number of nitrogens with one attached hydrogen (secondary N) is 1. The zero-order valence-electron chi connectivity index (χ0n) is 11.0. The number of nitrogens with zero attached hydrogens (tertiary/aromatic N) is 2. The number of hydrogen-bond donors (Lipinski definition) is 1. The summed E-state index contributed by atoms with van der Waals surface area (Å²) in [5.74, 6) is 0.992.